The molecule has 0 bridgehead atoms. The number of nitrogens with zero attached hydrogens (tertiary/aromatic N) is 4. The molecule has 3 atom stereocenters. The Morgan fingerprint density at radius 1 is 1.14 bits per heavy atom. The lowest BCUT2D eigenvalue weighted by molar-refractivity contribution is -0.0130. The molecule has 0 unspecified atom stereocenters. The van der Waals surface area contributed by atoms with Gasteiger partial charge in [-0.3, -0.25) is 4.90 Å². The Bertz CT molecular complexity index is 1360. The highest BCUT2D eigenvalue weighted by Crippen LogP contribution is 2.37. The fourth-order valence-electron chi connectivity index (χ4n) is 6.14. The molecule has 2 aromatic carbocycles. The van der Waals surface area contributed by atoms with Crippen LogP contribution in [0.2, 0.25) is 0 Å². The van der Waals surface area contributed by atoms with Crippen molar-refractivity contribution in [3.05, 3.63) is 65.5 Å². The van der Waals surface area contributed by atoms with Crippen molar-refractivity contribution in [2.45, 2.75) is 75.2 Å². The lowest BCUT2D eigenvalue weighted by Crippen LogP contribution is -2.53. The number of hydrogen-bond acceptors (Lipinski definition) is 6. The van der Waals surface area contributed by atoms with Gasteiger partial charge >= 0.3 is 6.09 Å². The summed E-state index contributed by atoms with van der Waals surface area (Å²) in [4.78, 5) is 13.7. The molecule has 1 heterocycles. The first-order valence-corrected chi connectivity index (χ1v) is 15.5. The van der Waals surface area contributed by atoms with Crippen molar-refractivity contribution in [3.8, 4) is 11.8 Å². The number of likely N-dealkylation sites (tertiary alicyclic amines) is 1. The first-order valence-electron chi connectivity index (χ1n) is 14.1. The van der Waals surface area contributed by atoms with Crippen molar-refractivity contribution in [2.75, 3.05) is 27.8 Å². The molecular weight excluding hydrogens is 563 g/mol. The third kappa shape index (κ3) is 7.21. The molecule has 0 radical (unpaired) electrons. The van der Waals surface area contributed by atoms with Crippen LogP contribution in [0.15, 0.2) is 48.5 Å². The third-order valence-electron chi connectivity index (χ3n) is 8.38. The predicted octanol–water partition coefficient (Wildman–Crippen LogP) is 4.59. The second kappa shape index (κ2) is 13.8. The Morgan fingerprint density at radius 2 is 1.83 bits per heavy atom. The van der Waals surface area contributed by atoms with E-state index in [0.29, 0.717) is 11.3 Å². The Labute approximate surface area is 247 Å². The summed E-state index contributed by atoms with van der Waals surface area (Å²) in [5.41, 5.74) is 1.67. The van der Waals surface area contributed by atoms with Crippen molar-refractivity contribution in [2.24, 2.45) is 0 Å². The summed E-state index contributed by atoms with van der Waals surface area (Å²) >= 11 is 0. The molecule has 4 rings (SSSR count). The van der Waals surface area contributed by atoms with E-state index in [0.717, 1.165) is 35.6 Å². The van der Waals surface area contributed by atoms with Crippen LogP contribution in [0, 0.1) is 17.1 Å². The van der Waals surface area contributed by atoms with Crippen LogP contribution in [0.1, 0.15) is 55.6 Å². The quantitative estimate of drug-likeness (QED) is 0.399. The van der Waals surface area contributed by atoms with Crippen LogP contribution in [-0.4, -0.2) is 85.2 Å². The summed E-state index contributed by atoms with van der Waals surface area (Å²) in [5.74, 6) is 0.595. The second-order valence-corrected chi connectivity index (χ2v) is 13.2. The molecule has 228 valence electrons. The highest BCUT2D eigenvalue weighted by Gasteiger charge is 2.50. The number of methoxy groups -OCH3 is 1. The Balaban J connectivity index is 1.56. The van der Waals surface area contributed by atoms with Gasteiger partial charge in [0.05, 0.1) is 50.4 Å². The predicted molar refractivity (Wildman–Crippen MR) is 155 cm³/mol. The average molecular weight is 603 g/mol. The number of nitriles is 1. The van der Waals surface area contributed by atoms with Crippen LogP contribution in [-0.2, 0) is 21.5 Å². The average Bonchev–Trinajstić information content (AvgIpc) is 3.33. The molecule has 1 aliphatic heterocycles. The lowest BCUT2D eigenvalue weighted by Gasteiger charge is -2.36. The molecular formula is C30H39FN4O6S. The van der Waals surface area contributed by atoms with Gasteiger partial charge in [0, 0.05) is 20.6 Å². The maximum atomic E-state index is 13.7. The van der Waals surface area contributed by atoms with Gasteiger partial charge in [0.15, 0.2) is 0 Å². The Kier molecular flexibility index (Phi) is 10.4. The van der Waals surface area contributed by atoms with E-state index in [9.17, 15) is 28.0 Å². The minimum absolute atomic E-state index is 0.00372. The van der Waals surface area contributed by atoms with E-state index in [1.807, 2.05) is 6.07 Å². The Hall–Kier alpha value is -3.24. The molecule has 1 amide bonds. The van der Waals surface area contributed by atoms with Gasteiger partial charge in [-0.05, 0) is 73.4 Å². The van der Waals surface area contributed by atoms with Gasteiger partial charge in [0.25, 0.3) is 10.2 Å². The number of carboxylic acid groups (broad SMARTS) is 1. The van der Waals surface area contributed by atoms with E-state index in [4.69, 9.17) is 9.47 Å². The summed E-state index contributed by atoms with van der Waals surface area (Å²) in [6.07, 6.45) is 1.81. The molecule has 1 saturated carbocycles. The number of rotatable bonds is 11. The smallest absolute Gasteiger partial charge is 0.407 e. The minimum atomic E-state index is -3.99. The number of benzene rings is 2. The fraction of sp³-hybridized carbons (Fsp3) is 0.533. The monoisotopic (exact) mass is 602 g/mol. The van der Waals surface area contributed by atoms with Gasteiger partial charge in [0.1, 0.15) is 11.6 Å². The van der Waals surface area contributed by atoms with Crippen LogP contribution < -0.4 is 4.74 Å². The lowest BCUT2D eigenvalue weighted by atomic mass is 9.82. The molecule has 2 fully saturated rings. The zero-order chi connectivity index (χ0) is 30.4. The first-order chi connectivity index (χ1) is 20.0. The topological polar surface area (TPSA) is 123 Å². The van der Waals surface area contributed by atoms with Crippen molar-refractivity contribution >= 4 is 16.3 Å². The largest absolute Gasteiger partial charge is 0.497 e. The summed E-state index contributed by atoms with van der Waals surface area (Å²) in [5, 5.41) is 19.7. The van der Waals surface area contributed by atoms with Gasteiger partial charge in [-0.25, -0.2) is 9.18 Å². The molecule has 42 heavy (non-hydrogen) atoms. The van der Waals surface area contributed by atoms with E-state index in [1.165, 1.54) is 29.4 Å². The van der Waals surface area contributed by atoms with Crippen molar-refractivity contribution < 1.29 is 32.2 Å². The van der Waals surface area contributed by atoms with Crippen LogP contribution in [0.3, 0.4) is 0 Å². The molecule has 2 aliphatic rings. The first kappa shape index (κ1) is 31.7. The molecule has 0 aromatic heterocycles. The highest BCUT2D eigenvalue weighted by molar-refractivity contribution is 7.86. The maximum absolute atomic E-state index is 13.7. The second-order valence-electron chi connectivity index (χ2n) is 11.1. The van der Waals surface area contributed by atoms with Crippen LogP contribution in [0.25, 0.3) is 0 Å². The van der Waals surface area contributed by atoms with Crippen LogP contribution >= 0.6 is 0 Å². The fourth-order valence-corrected chi connectivity index (χ4v) is 7.44. The van der Waals surface area contributed by atoms with Gasteiger partial charge in [-0.1, -0.05) is 24.3 Å². The van der Waals surface area contributed by atoms with Gasteiger partial charge < -0.3 is 14.6 Å². The van der Waals surface area contributed by atoms with Crippen molar-refractivity contribution in [1.29, 1.82) is 5.26 Å². The summed E-state index contributed by atoms with van der Waals surface area (Å²) in [7, 11) is 0.432. The van der Waals surface area contributed by atoms with E-state index in [-0.39, 0.29) is 43.8 Å². The molecule has 2 aromatic rings. The number of carbonyl (C=O) groups is 1. The highest BCUT2D eigenvalue weighted by atomic mass is 32.2. The minimum Gasteiger partial charge on any atom is -0.497 e. The van der Waals surface area contributed by atoms with E-state index in [1.54, 1.807) is 43.5 Å². The van der Waals surface area contributed by atoms with E-state index < -0.39 is 34.4 Å². The van der Waals surface area contributed by atoms with E-state index >= 15 is 0 Å². The van der Waals surface area contributed by atoms with Gasteiger partial charge in [0.2, 0.25) is 0 Å². The van der Waals surface area contributed by atoms with Crippen molar-refractivity contribution in [1.82, 2.24) is 13.5 Å². The number of hydrogen-bond donors (Lipinski definition) is 1. The Morgan fingerprint density at radius 3 is 2.40 bits per heavy atom. The number of halogens is 1. The third-order valence-corrected chi connectivity index (χ3v) is 10.3. The molecule has 12 heteroatoms. The van der Waals surface area contributed by atoms with Crippen molar-refractivity contribution in [3.63, 3.8) is 0 Å². The normalized spacial score (nSPS) is 24.6. The standard InChI is InChI=1S/C30H39FN4O6S/c1-33(2)42(38,39)34(19-21-7-11-26(40-3)12-8-21)28-18-25(15-16-32)35(30(36)37)29(28)20-41-27-13-9-22(10-14-27)23-5-4-6-24(31)17-23/h4-8,11-12,17,22,25,27-29H,9-10,13-15,18-20H2,1-3H3,(H,36,37)/t22-,25-,27+,28+,29+/m1/s1. The SMILES string of the molecule is COc1ccc(CN([C@H]2C[C@@H](CC#N)N(C(=O)O)[C@H]2CO[C@H]2CC[C@@H](c3cccc(F)c3)CC2)S(=O)(=O)N(C)C)cc1. The number of ether oxygens (including phenoxy) is 2. The molecule has 1 saturated heterocycles. The van der Waals surface area contributed by atoms with Gasteiger partial charge in [-0.2, -0.15) is 22.3 Å². The van der Waals surface area contributed by atoms with Gasteiger partial charge in [-0.15, -0.1) is 0 Å². The summed E-state index contributed by atoms with van der Waals surface area (Å²) in [6, 6.07) is 13.5. The molecule has 1 aliphatic carbocycles. The summed E-state index contributed by atoms with van der Waals surface area (Å²) < 4.78 is 55.0. The molecule has 0 spiro atoms. The summed E-state index contributed by atoms with van der Waals surface area (Å²) in [6.45, 7) is 0.00735. The van der Waals surface area contributed by atoms with Crippen LogP contribution in [0.5, 0.6) is 5.75 Å². The molecule has 1 N–H and O–H groups in total. The van der Waals surface area contributed by atoms with E-state index in [2.05, 4.69) is 6.07 Å². The number of amides is 1. The molecule has 10 nitrogen and oxygen atoms in total. The zero-order valence-electron chi connectivity index (χ0n) is 24.2. The van der Waals surface area contributed by atoms with Crippen LogP contribution in [0.4, 0.5) is 9.18 Å². The zero-order valence-corrected chi connectivity index (χ0v) is 25.0. The maximum Gasteiger partial charge on any atom is 0.407 e.